The largest absolute Gasteiger partial charge is 0.351 e. The van der Waals surface area contributed by atoms with E-state index in [1.165, 1.54) is 12.3 Å². The molecule has 7 nitrogen and oxygen atoms in total. The van der Waals surface area contributed by atoms with Crippen LogP contribution in [-0.4, -0.2) is 28.4 Å². The Hall–Kier alpha value is -1.89. The summed E-state index contributed by atoms with van der Waals surface area (Å²) in [7, 11) is 0. The summed E-state index contributed by atoms with van der Waals surface area (Å²) < 4.78 is 0. The minimum atomic E-state index is -0.570. The van der Waals surface area contributed by atoms with E-state index >= 15 is 0 Å². The molecule has 0 unspecified atom stereocenters. The van der Waals surface area contributed by atoms with Crippen LogP contribution in [0.4, 0.5) is 5.69 Å². The van der Waals surface area contributed by atoms with Gasteiger partial charge in [0, 0.05) is 18.7 Å². The molecule has 0 saturated heterocycles. The van der Waals surface area contributed by atoms with Crippen molar-refractivity contribution in [1.29, 1.82) is 0 Å². The molecule has 1 heterocycles. The Morgan fingerprint density at radius 1 is 1.80 bits per heavy atom. The maximum atomic E-state index is 11.4. The predicted molar refractivity (Wildman–Crippen MR) is 53.4 cm³/mol. The van der Waals surface area contributed by atoms with Crippen molar-refractivity contribution in [3.63, 3.8) is 0 Å². The molecule has 1 amide bonds. The van der Waals surface area contributed by atoms with Gasteiger partial charge in [0.05, 0.1) is 11.1 Å². The van der Waals surface area contributed by atoms with Gasteiger partial charge in [-0.2, -0.15) is 0 Å². The van der Waals surface area contributed by atoms with E-state index in [1.807, 2.05) is 0 Å². The van der Waals surface area contributed by atoms with Crippen molar-refractivity contribution < 1.29 is 9.72 Å². The molecule has 1 rings (SSSR count). The molecule has 7 heteroatoms. The van der Waals surface area contributed by atoms with E-state index in [2.05, 4.69) is 10.3 Å². The lowest BCUT2D eigenvalue weighted by atomic mass is 10.3. The van der Waals surface area contributed by atoms with Gasteiger partial charge in [0.1, 0.15) is 5.69 Å². The maximum absolute atomic E-state index is 11.4. The number of hydrogen-bond acceptors (Lipinski definition) is 4. The van der Waals surface area contributed by atoms with Crippen LogP contribution in [-0.2, 0) is 0 Å². The van der Waals surface area contributed by atoms with Crippen LogP contribution in [0.3, 0.4) is 0 Å². The Morgan fingerprint density at radius 2 is 2.47 bits per heavy atom. The Balaban J connectivity index is 2.70. The summed E-state index contributed by atoms with van der Waals surface area (Å²) in [6, 6.07) is 1.01. The molecule has 1 aromatic heterocycles. The van der Waals surface area contributed by atoms with E-state index in [1.54, 1.807) is 6.92 Å². The summed E-state index contributed by atoms with van der Waals surface area (Å²) >= 11 is 0. The van der Waals surface area contributed by atoms with E-state index in [0.29, 0.717) is 6.54 Å². The van der Waals surface area contributed by atoms with Crippen LogP contribution in [0, 0.1) is 10.1 Å². The third kappa shape index (κ3) is 2.78. The molecule has 0 fully saturated rings. The number of carbonyl (C=O) groups excluding carboxylic acids is 1. The second-order valence-corrected chi connectivity index (χ2v) is 3.14. The summed E-state index contributed by atoms with van der Waals surface area (Å²) in [6.07, 6.45) is 1.17. The standard InChI is InChI=1S/C8H12N4O3/c1-5(3-9)11-8(13)7-2-6(4-10-7)12(14)15/h2,4-5,10H,3,9H2,1H3,(H,11,13)/t5-/m1/s1. The number of nitrogens with two attached hydrogens (primary N) is 1. The molecular weight excluding hydrogens is 200 g/mol. The Morgan fingerprint density at radius 3 is 2.93 bits per heavy atom. The van der Waals surface area contributed by atoms with Crippen molar-refractivity contribution in [3.8, 4) is 0 Å². The first-order valence-electron chi connectivity index (χ1n) is 4.38. The van der Waals surface area contributed by atoms with Crippen molar-refractivity contribution in [3.05, 3.63) is 28.1 Å². The van der Waals surface area contributed by atoms with E-state index in [4.69, 9.17) is 5.73 Å². The number of aromatic nitrogens is 1. The van der Waals surface area contributed by atoms with Crippen LogP contribution in [0.25, 0.3) is 0 Å². The second kappa shape index (κ2) is 4.56. The van der Waals surface area contributed by atoms with Gasteiger partial charge in [-0.15, -0.1) is 0 Å². The topological polar surface area (TPSA) is 114 Å². The molecule has 0 aliphatic carbocycles. The lowest BCUT2D eigenvalue weighted by Crippen LogP contribution is -2.37. The Bertz CT molecular complexity index is 374. The summed E-state index contributed by atoms with van der Waals surface area (Å²) in [5.41, 5.74) is 5.33. The first-order chi connectivity index (χ1) is 7.04. The number of hydrogen-bond donors (Lipinski definition) is 3. The van der Waals surface area contributed by atoms with Gasteiger partial charge < -0.3 is 16.0 Å². The quantitative estimate of drug-likeness (QED) is 0.481. The van der Waals surface area contributed by atoms with Gasteiger partial charge in [-0.05, 0) is 6.92 Å². The molecule has 0 saturated carbocycles. The minimum absolute atomic E-state index is 0.138. The first-order valence-corrected chi connectivity index (χ1v) is 4.38. The lowest BCUT2D eigenvalue weighted by Gasteiger charge is -2.09. The number of amides is 1. The van der Waals surface area contributed by atoms with Crippen molar-refractivity contribution in [2.45, 2.75) is 13.0 Å². The molecule has 0 aliphatic rings. The third-order valence-corrected chi connectivity index (χ3v) is 1.85. The monoisotopic (exact) mass is 212 g/mol. The molecule has 0 bridgehead atoms. The van der Waals surface area contributed by atoms with Crippen molar-refractivity contribution in [2.75, 3.05) is 6.54 Å². The molecular formula is C8H12N4O3. The first kappa shape index (κ1) is 11.2. The fraction of sp³-hybridized carbons (Fsp3) is 0.375. The molecule has 82 valence electrons. The fourth-order valence-corrected chi connectivity index (χ4v) is 0.980. The molecule has 0 aliphatic heterocycles. The van der Waals surface area contributed by atoms with Gasteiger partial charge in [0.15, 0.2) is 0 Å². The third-order valence-electron chi connectivity index (χ3n) is 1.85. The number of H-pyrrole nitrogens is 1. The summed E-state index contributed by atoms with van der Waals surface area (Å²) in [6.45, 7) is 2.06. The maximum Gasteiger partial charge on any atom is 0.287 e. The van der Waals surface area contributed by atoms with E-state index < -0.39 is 10.8 Å². The summed E-state index contributed by atoms with van der Waals surface area (Å²) in [5.74, 6) is -0.402. The van der Waals surface area contributed by atoms with Crippen molar-refractivity contribution >= 4 is 11.6 Å². The van der Waals surface area contributed by atoms with Crippen LogP contribution in [0.2, 0.25) is 0 Å². The number of rotatable bonds is 4. The fourth-order valence-electron chi connectivity index (χ4n) is 0.980. The molecule has 0 aromatic carbocycles. The highest BCUT2D eigenvalue weighted by atomic mass is 16.6. The highest BCUT2D eigenvalue weighted by molar-refractivity contribution is 5.93. The number of nitrogens with zero attached hydrogens (tertiary/aromatic N) is 1. The smallest absolute Gasteiger partial charge is 0.287 e. The van der Waals surface area contributed by atoms with E-state index in [0.717, 1.165) is 0 Å². The van der Waals surface area contributed by atoms with Gasteiger partial charge in [0.2, 0.25) is 0 Å². The number of nitro groups is 1. The van der Waals surface area contributed by atoms with Gasteiger partial charge in [-0.25, -0.2) is 0 Å². The SMILES string of the molecule is C[C@H](CN)NC(=O)c1cc([N+](=O)[O-])c[nH]1. The summed E-state index contributed by atoms with van der Waals surface area (Å²) in [5, 5.41) is 12.9. The Labute approximate surface area is 85.8 Å². The van der Waals surface area contributed by atoms with Gasteiger partial charge in [0.25, 0.3) is 11.6 Å². The van der Waals surface area contributed by atoms with Crippen LogP contribution in [0.5, 0.6) is 0 Å². The van der Waals surface area contributed by atoms with E-state index in [9.17, 15) is 14.9 Å². The zero-order chi connectivity index (χ0) is 11.4. The molecule has 0 spiro atoms. The van der Waals surface area contributed by atoms with Crippen molar-refractivity contribution in [1.82, 2.24) is 10.3 Å². The zero-order valence-electron chi connectivity index (χ0n) is 8.19. The van der Waals surface area contributed by atoms with Crippen molar-refractivity contribution in [2.24, 2.45) is 5.73 Å². The van der Waals surface area contributed by atoms with Gasteiger partial charge >= 0.3 is 0 Å². The molecule has 4 N–H and O–H groups in total. The Kier molecular flexibility index (Phi) is 3.40. The molecule has 1 atom stereocenters. The van der Waals surface area contributed by atoms with Gasteiger partial charge in [-0.1, -0.05) is 0 Å². The van der Waals surface area contributed by atoms with Crippen LogP contribution in [0.1, 0.15) is 17.4 Å². The predicted octanol–water partition coefficient (Wildman–Crippen LogP) is -0.000100. The number of carbonyl (C=O) groups is 1. The van der Waals surface area contributed by atoms with Gasteiger partial charge in [-0.3, -0.25) is 14.9 Å². The summed E-state index contributed by atoms with van der Waals surface area (Å²) in [4.78, 5) is 23.7. The molecule has 0 radical (unpaired) electrons. The highest BCUT2D eigenvalue weighted by Gasteiger charge is 2.15. The molecule has 15 heavy (non-hydrogen) atoms. The second-order valence-electron chi connectivity index (χ2n) is 3.14. The lowest BCUT2D eigenvalue weighted by molar-refractivity contribution is -0.384. The average molecular weight is 212 g/mol. The average Bonchev–Trinajstić information content (AvgIpc) is 2.66. The molecule has 1 aromatic rings. The number of aromatic amines is 1. The van der Waals surface area contributed by atoms with Crippen LogP contribution >= 0.6 is 0 Å². The van der Waals surface area contributed by atoms with Crippen LogP contribution < -0.4 is 11.1 Å². The zero-order valence-corrected chi connectivity index (χ0v) is 8.19. The minimum Gasteiger partial charge on any atom is -0.351 e. The number of nitrogens with one attached hydrogen (secondary N) is 2. The highest BCUT2D eigenvalue weighted by Crippen LogP contribution is 2.11. The van der Waals surface area contributed by atoms with E-state index in [-0.39, 0.29) is 17.4 Å². The normalized spacial score (nSPS) is 12.1. The van der Waals surface area contributed by atoms with Crippen LogP contribution in [0.15, 0.2) is 12.3 Å².